The number of phenols is 1. The Hall–Kier alpha value is -4.77. The zero-order valence-corrected chi connectivity index (χ0v) is 28.3. The predicted octanol–water partition coefficient (Wildman–Crippen LogP) is 10.3. The van der Waals surface area contributed by atoms with Gasteiger partial charge >= 0.3 is 0 Å². The van der Waals surface area contributed by atoms with Crippen LogP contribution in [-0.2, 0) is 17.3 Å². The Bertz CT molecular complexity index is 2010. The zero-order chi connectivity index (χ0) is 32.8. The maximum atomic E-state index is 12.0. The van der Waals surface area contributed by atoms with Crippen LogP contribution in [0.25, 0.3) is 50.5 Å². The molecule has 0 saturated carbocycles. The summed E-state index contributed by atoms with van der Waals surface area (Å²) in [5.74, 6) is 1.45. The molecule has 0 atom stereocenters. The summed E-state index contributed by atoms with van der Waals surface area (Å²) < 4.78 is 2.14. The van der Waals surface area contributed by atoms with E-state index in [1.807, 2.05) is 48.9 Å². The van der Waals surface area contributed by atoms with E-state index in [9.17, 15) is 5.11 Å². The first-order chi connectivity index (χ1) is 21.8. The quantitative estimate of drug-likeness (QED) is 0.204. The number of para-hydroxylation sites is 1. The lowest BCUT2D eigenvalue weighted by atomic mass is 9.79. The fourth-order valence-corrected chi connectivity index (χ4v) is 6.15. The summed E-state index contributed by atoms with van der Waals surface area (Å²) in [6.45, 7) is 17.5. The van der Waals surface area contributed by atoms with Gasteiger partial charge in [0.1, 0.15) is 17.1 Å². The van der Waals surface area contributed by atoms with Crippen molar-refractivity contribution in [3.05, 3.63) is 114 Å². The van der Waals surface area contributed by atoms with E-state index in [-0.39, 0.29) is 16.6 Å². The number of hydrogen-bond acceptors (Lipinski definition) is 4. The number of hydrogen-bond donors (Lipinski definition) is 1. The highest BCUT2D eigenvalue weighted by atomic mass is 16.3. The molecular formula is C41H44N4O. The van der Waals surface area contributed by atoms with Gasteiger partial charge in [-0.3, -0.25) is 14.5 Å². The highest BCUT2D eigenvalue weighted by Crippen LogP contribution is 2.44. The van der Waals surface area contributed by atoms with Gasteiger partial charge in [-0.15, -0.1) is 0 Å². The monoisotopic (exact) mass is 608 g/mol. The molecule has 0 aliphatic carbocycles. The van der Waals surface area contributed by atoms with Gasteiger partial charge < -0.3 is 5.11 Å². The van der Waals surface area contributed by atoms with Crippen molar-refractivity contribution < 1.29 is 5.11 Å². The standard InChI is InChI=1S/C41H44N4O/c1-26(2)18-27-19-28(21-29(20-27)35-16-12-13-17-43-35)33-24-42-25-36-37(33)44-39(45(36)31-14-10-9-11-15-31)32-22-30(40(3,4)5)23-34(38(32)46)41(6,7)8/h9-17,19-26,46H,18H2,1-8H3. The van der Waals surface area contributed by atoms with Crippen molar-refractivity contribution in [2.24, 2.45) is 5.92 Å². The second-order valence-corrected chi connectivity index (χ2v) is 14.8. The normalized spacial score (nSPS) is 12.3. The molecule has 3 aromatic heterocycles. The van der Waals surface area contributed by atoms with Crippen molar-refractivity contribution in [2.45, 2.75) is 72.6 Å². The van der Waals surface area contributed by atoms with Gasteiger partial charge in [0.25, 0.3) is 0 Å². The van der Waals surface area contributed by atoms with Crippen LogP contribution in [0.5, 0.6) is 5.75 Å². The van der Waals surface area contributed by atoms with E-state index in [2.05, 4.69) is 113 Å². The maximum absolute atomic E-state index is 12.0. The molecule has 3 aromatic carbocycles. The summed E-state index contributed by atoms with van der Waals surface area (Å²) in [6.07, 6.45) is 6.58. The van der Waals surface area contributed by atoms with E-state index in [0.29, 0.717) is 17.3 Å². The van der Waals surface area contributed by atoms with Crippen molar-refractivity contribution in [2.75, 3.05) is 0 Å². The lowest BCUT2D eigenvalue weighted by Gasteiger charge is -2.27. The molecule has 5 heteroatoms. The van der Waals surface area contributed by atoms with Crippen LogP contribution in [0.1, 0.15) is 72.1 Å². The van der Waals surface area contributed by atoms with Crippen molar-refractivity contribution in [3.8, 4) is 45.2 Å². The Kier molecular flexibility index (Phi) is 8.05. The van der Waals surface area contributed by atoms with E-state index in [0.717, 1.165) is 56.7 Å². The highest BCUT2D eigenvalue weighted by Gasteiger charge is 2.28. The lowest BCUT2D eigenvalue weighted by Crippen LogP contribution is -2.17. The van der Waals surface area contributed by atoms with Gasteiger partial charge in [-0.2, -0.15) is 0 Å². The van der Waals surface area contributed by atoms with Gasteiger partial charge in [0.15, 0.2) is 0 Å². The summed E-state index contributed by atoms with van der Waals surface area (Å²) in [5, 5.41) is 12.0. The fraction of sp³-hybridized carbons (Fsp3) is 0.293. The number of aromatic nitrogens is 4. The van der Waals surface area contributed by atoms with Gasteiger partial charge in [-0.25, -0.2) is 4.98 Å². The van der Waals surface area contributed by atoms with Crippen LogP contribution in [-0.4, -0.2) is 24.6 Å². The molecule has 5 nitrogen and oxygen atoms in total. The Morgan fingerprint density at radius 1 is 0.761 bits per heavy atom. The minimum atomic E-state index is -0.269. The lowest BCUT2D eigenvalue weighted by molar-refractivity contribution is 0.446. The summed E-state index contributed by atoms with van der Waals surface area (Å²) in [7, 11) is 0. The van der Waals surface area contributed by atoms with E-state index < -0.39 is 0 Å². The summed E-state index contributed by atoms with van der Waals surface area (Å²) in [4.78, 5) is 14.8. The van der Waals surface area contributed by atoms with Crippen molar-refractivity contribution in [1.29, 1.82) is 0 Å². The number of benzene rings is 3. The van der Waals surface area contributed by atoms with Crippen molar-refractivity contribution >= 4 is 11.0 Å². The average molecular weight is 609 g/mol. The molecule has 0 aliphatic heterocycles. The van der Waals surface area contributed by atoms with Crippen LogP contribution in [0.3, 0.4) is 0 Å². The molecular weight excluding hydrogens is 564 g/mol. The molecule has 0 saturated heterocycles. The van der Waals surface area contributed by atoms with Crippen LogP contribution in [0.4, 0.5) is 0 Å². The number of imidazole rings is 1. The molecule has 0 bridgehead atoms. The first kappa shape index (κ1) is 31.2. The predicted molar refractivity (Wildman–Crippen MR) is 191 cm³/mol. The van der Waals surface area contributed by atoms with Crippen molar-refractivity contribution in [3.63, 3.8) is 0 Å². The number of rotatable bonds is 6. The Morgan fingerprint density at radius 2 is 1.48 bits per heavy atom. The van der Waals surface area contributed by atoms with Gasteiger partial charge in [0, 0.05) is 34.8 Å². The van der Waals surface area contributed by atoms with Crippen molar-refractivity contribution in [1.82, 2.24) is 19.5 Å². The Labute approximate surface area is 273 Å². The van der Waals surface area contributed by atoms with E-state index in [4.69, 9.17) is 9.97 Å². The molecule has 0 unspecified atom stereocenters. The molecule has 0 radical (unpaired) electrons. The number of nitrogens with zero attached hydrogens (tertiary/aromatic N) is 4. The first-order valence-corrected chi connectivity index (χ1v) is 16.2. The minimum Gasteiger partial charge on any atom is -0.507 e. The first-order valence-electron chi connectivity index (χ1n) is 16.2. The third-order valence-corrected chi connectivity index (χ3v) is 8.52. The number of phenolic OH excluding ortho intramolecular Hbond substituents is 1. The molecule has 6 aromatic rings. The van der Waals surface area contributed by atoms with Crippen LogP contribution in [0, 0.1) is 5.92 Å². The third kappa shape index (κ3) is 6.06. The van der Waals surface area contributed by atoms with Crippen LogP contribution < -0.4 is 0 Å². The maximum Gasteiger partial charge on any atom is 0.149 e. The topological polar surface area (TPSA) is 63.8 Å². The fourth-order valence-electron chi connectivity index (χ4n) is 6.15. The molecule has 1 N–H and O–H groups in total. The highest BCUT2D eigenvalue weighted by molar-refractivity contribution is 5.96. The molecule has 234 valence electrons. The number of fused-ring (bicyclic) bond motifs is 1. The molecule has 0 amide bonds. The van der Waals surface area contributed by atoms with Gasteiger partial charge in [-0.05, 0) is 82.3 Å². The third-order valence-electron chi connectivity index (χ3n) is 8.52. The number of pyridine rings is 2. The van der Waals surface area contributed by atoms with E-state index >= 15 is 0 Å². The summed E-state index contributed by atoms with van der Waals surface area (Å²) >= 11 is 0. The number of aromatic hydroxyl groups is 1. The summed E-state index contributed by atoms with van der Waals surface area (Å²) in [6, 6.07) is 27.2. The van der Waals surface area contributed by atoms with Gasteiger partial charge in [0.05, 0.1) is 23.0 Å². The van der Waals surface area contributed by atoms with Gasteiger partial charge in [-0.1, -0.05) is 91.8 Å². The molecule has 0 aliphatic rings. The molecule has 0 fully saturated rings. The second-order valence-electron chi connectivity index (χ2n) is 14.8. The molecule has 6 rings (SSSR count). The zero-order valence-electron chi connectivity index (χ0n) is 28.3. The minimum absolute atomic E-state index is 0.127. The van der Waals surface area contributed by atoms with Crippen LogP contribution >= 0.6 is 0 Å². The SMILES string of the molecule is CC(C)Cc1cc(-c2ccccn2)cc(-c2cncc3c2nc(-c2cc(C(C)(C)C)cc(C(C)(C)C)c2O)n3-c2ccccc2)c1. The van der Waals surface area contributed by atoms with E-state index in [1.165, 1.54) is 5.56 Å². The molecule has 0 spiro atoms. The van der Waals surface area contributed by atoms with E-state index in [1.54, 1.807) is 0 Å². The van der Waals surface area contributed by atoms with Crippen LogP contribution in [0.15, 0.2) is 97.5 Å². The van der Waals surface area contributed by atoms with Gasteiger partial charge in [0.2, 0.25) is 0 Å². The Morgan fingerprint density at radius 3 is 2.13 bits per heavy atom. The average Bonchev–Trinajstić information content (AvgIpc) is 3.40. The Balaban J connectivity index is 1.68. The second kappa shape index (κ2) is 11.9. The van der Waals surface area contributed by atoms with Crippen LogP contribution in [0.2, 0.25) is 0 Å². The smallest absolute Gasteiger partial charge is 0.149 e. The summed E-state index contributed by atoms with van der Waals surface area (Å²) in [5.41, 5.74) is 10.3. The molecule has 46 heavy (non-hydrogen) atoms. The largest absolute Gasteiger partial charge is 0.507 e. The molecule has 3 heterocycles.